The second-order valence-corrected chi connectivity index (χ2v) is 7.74. The number of aromatic nitrogens is 2. The van der Waals surface area contributed by atoms with E-state index in [-0.39, 0.29) is 10.0 Å². The first-order valence-corrected chi connectivity index (χ1v) is 9.54. The Morgan fingerprint density at radius 3 is 2.81 bits per heavy atom. The minimum Gasteiger partial charge on any atom is -0.266 e. The first-order chi connectivity index (χ1) is 12.4. The molecule has 0 radical (unpaired) electrons. The number of hydrogen-bond donors (Lipinski definition) is 0. The number of rotatable bonds is 4. The predicted octanol–water partition coefficient (Wildman–Crippen LogP) is 4.97. The fourth-order valence-corrected chi connectivity index (χ4v) is 3.78. The van der Waals surface area contributed by atoms with E-state index in [2.05, 4.69) is 26.1 Å². The Morgan fingerprint density at radius 2 is 2.15 bits per heavy atom. The molecule has 0 saturated carbocycles. The summed E-state index contributed by atoms with van der Waals surface area (Å²) in [6, 6.07) is 5.77. The third-order valence-corrected chi connectivity index (χ3v) is 5.62. The molecule has 0 aliphatic heterocycles. The van der Waals surface area contributed by atoms with Gasteiger partial charge in [-0.2, -0.15) is 14.9 Å². The molecule has 5 nitrogen and oxygen atoms in total. The van der Waals surface area contributed by atoms with E-state index in [1.807, 2.05) is 11.4 Å². The van der Waals surface area contributed by atoms with Crippen LogP contribution < -0.4 is 10.6 Å². The standard InChI is InChI=1S/C16H10BrCl2FN4OS/c1-23(21-6-11-4-9(17)8-26-11)14-7-22-24(16(25)15(14)19)10-2-3-13(20)12(18)5-10/h2-8H,1H3. The maximum Gasteiger partial charge on any atom is 0.292 e. The van der Waals surface area contributed by atoms with Gasteiger partial charge in [0.2, 0.25) is 0 Å². The summed E-state index contributed by atoms with van der Waals surface area (Å²) in [5, 5.41) is 11.6. The van der Waals surface area contributed by atoms with Crippen molar-refractivity contribution in [3.05, 3.63) is 71.4 Å². The highest BCUT2D eigenvalue weighted by atomic mass is 79.9. The van der Waals surface area contributed by atoms with Gasteiger partial charge in [-0.1, -0.05) is 23.2 Å². The molecule has 0 unspecified atom stereocenters. The molecular formula is C16H10BrCl2FN4OS. The van der Waals surface area contributed by atoms with Gasteiger partial charge in [0.05, 0.1) is 23.1 Å². The van der Waals surface area contributed by atoms with Crippen molar-refractivity contribution in [3.63, 3.8) is 0 Å². The van der Waals surface area contributed by atoms with Gasteiger partial charge in [0, 0.05) is 21.8 Å². The lowest BCUT2D eigenvalue weighted by Crippen LogP contribution is -2.24. The van der Waals surface area contributed by atoms with E-state index in [4.69, 9.17) is 23.2 Å². The largest absolute Gasteiger partial charge is 0.292 e. The molecule has 0 saturated heterocycles. The van der Waals surface area contributed by atoms with Crippen molar-refractivity contribution in [2.24, 2.45) is 5.10 Å². The lowest BCUT2D eigenvalue weighted by molar-refractivity contribution is 0.627. The highest BCUT2D eigenvalue weighted by Gasteiger charge is 2.14. The van der Waals surface area contributed by atoms with Crippen molar-refractivity contribution in [3.8, 4) is 5.69 Å². The van der Waals surface area contributed by atoms with E-state index < -0.39 is 11.4 Å². The van der Waals surface area contributed by atoms with Crippen LogP contribution in [0.1, 0.15) is 4.88 Å². The number of benzene rings is 1. The number of hydrogen-bond acceptors (Lipinski definition) is 5. The van der Waals surface area contributed by atoms with Crippen LogP contribution in [-0.2, 0) is 0 Å². The first kappa shape index (κ1) is 19.0. The number of nitrogens with zero attached hydrogens (tertiary/aromatic N) is 4. The average Bonchev–Trinajstić information content (AvgIpc) is 3.03. The third kappa shape index (κ3) is 3.98. The minimum atomic E-state index is -0.583. The second kappa shape index (κ2) is 7.87. The van der Waals surface area contributed by atoms with Crippen LogP contribution in [-0.4, -0.2) is 23.0 Å². The zero-order valence-corrected chi connectivity index (χ0v) is 17.1. The first-order valence-electron chi connectivity index (χ1n) is 7.12. The SMILES string of the molecule is CN(N=Cc1cc(Br)cs1)c1cnn(-c2ccc(F)c(Cl)c2)c(=O)c1Cl. The summed E-state index contributed by atoms with van der Waals surface area (Å²) in [5.74, 6) is -0.583. The van der Waals surface area contributed by atoms with E-state index in [9.17, 15) is 9.18 Å². The highest BCUT2D eigenvalue weighted by Crippen LogP contribution is 2.23. The molecule has 0 aliphatic rings. The lowest BCUT2D eigenvalue weighted by atomic mass is 10.3. The second-order valence-electron chi connectivity index (χ2n) is 5.09. The van der Waals surface area contributed by atoms with Crippen molar-refractivity contribution in [1.82, 2.24) is 9.78 Å². The van der Waals surface area contributed by atoms with Gasteiger partial charge in [0.15, 0.2) is 0 Å². The Kier molecular flexibility index (Phi) is 5.76. The molecule has 0 amide bonds. The van der Waals surface area contributed by atoms with Gasteiger partial charge >= 0.3 is 0 Å². The summed E-state index contributed by atoms with van der Waals surface area (Å²) in [6.45, 7) is 0. The van der Waals surface area contributed by atoms with Crippen LogP contribution in [0.25, 0.3) is 5.69 Å². The van der Waals surface area contributed by atoms with Crippen LogP contribution in [0.15, 0.2) is 50.2 Å². The number of thiophene rings is 1. The Hall–Kier alpha value is -1.74. The van der Waals surface area contributed by atoms with E-state index in [0.717, 1.165) is 20.1 Å². The van der Waals surface area contributed by atoms with Gasteiger partial charge in [-0.3, -0.25) is 9.80 Å². The monoisotopic (exact) mass is 474 g/mol. The van der Waals surface area contributed by atoms with Crippen LogP contribution >= 0.6 is 50.5 Å². The van der Waals surface area contributed by atoms with Crippen LogP contribution in [0.4, 0.5) is 10.1 Å². The fraction of sp³-hybridized carbons (Fsp3) is 0.0625. The number of hydrazone groups is 1. The zero-order valence-electron chi connectivity index (χ0n) is 13.2. The molecule has 0 bridgehead atoms. The van der Waals surface area contributed by atoms with Crippen LogP contribution in [0, 0.1) is 5.82 Å². The third-order valence-electron chi connectivity index (χ3n) is 3.34. The van der Waals surface area contributed by atoms with Gasteiger partial charge in [0.25, 0.3) is 5.56 Å². The Balaban J connectivity index is 1.92. The summed E-state index contributed by atoms with van der Waals surface area (Å²) in [7, 11) is 1.65. The van der Waals surface area contributed by atoms with Crippen molar-refractivity contribution in [2.75, 3.05) is 12.1 Å². The molecule has 26 heavy (non-hydrogen) atoms. The Bertz CT molecular complexity index is 1050. The Labute approximate surface area is 170 Å². The molecule has 0 fully saturated rings. The molecule has 0 atom stereocenters. The zero-order chi connectivity index (χ0) is 18.8. The molecule has 134 valence electrons. The molecule has 0 N–H and O–H groups in total. The van der Waals surface area contributed by atoms with Gasteiger partial charge < -0.3 is 0 Å². The molecule has 10 heteroatoms. The highest BCUT2D eigenvalue weighted by molar-refractivity contribution is 9.10. The molecule has 3 rings (SSSR count). The normalized spacial score (nSPS) is 11.3. The number of anilines is 1. The van der Waals surface area contributed by atoms with Crippen LogP contribution in [0.5, 0.6) is 0 Å². The fourth-order valence-electron chi connectivity index (χ4n) is 2.05. The topological polar surface area (TPSA) is 50.5 Å². The molecule has 0 spiro atoms. The van der Waals surface area contributed by atoms with Crippen molar-refractivity contribution in [2.45, 2.75) is 0 Å². The van der Waals surface area contributed by atoms with Crippen LogP contribution in [0.3, 0.4) is 0 Å². The van der Waals surface area contributed by atoms with Crippen LogP contribution in [0.2, 0.25) is 10.0 Å². The van der Waals surface area contributed by atoms with E-state index in [0.29, 0.717) is 11.4 Å². The summed E-state index contributed by atoms with van der Waals surface area (Å²) in [4.78, 5) is 13.4. The summed E-state index contributed by atoms with van der Waals surface area (Å²) in [6.07, 6.45) is 3.06. The minimum absolute atomic E-state index is 0.0625. The quantitative estimate of drug-likeness (QED) is 0.395. The smallest absolute Gasteiger partial charge is 0.266 e. The molecule has 1 aromatic carbocycles. The summed E-state index contributed by atoms with van der Waals surface area (Å²) >= 11 is 16.8. The number of halogens is 4. The lowest BCUT2D eigenvalue weighted by Gasteiger charge is -2.15. The molecule has 3 aromatic rings. The van der Waals surface area contributed by atoms with Gasteiger partial charge in [-0.25, -0.2) is 4.39 Å². The van der Waals surface area contributed by atoms with Gasteiger partial charge in [-0.05, 0) is 40.2 Å². The predicted molar refractivity (Wildman–Crippen MR) is 108 cm³/mol. The van der Waals surface area contributed by atoms with Gasteiger partial charge in [0.1, 0.15) is 16.5 Å². The van der Waals surface area contributed by atoms with Crippen molar-refractivity contribution >= 4 is 62.4 Å². The maximum absolute atomic E-state index is 13.3. The van der Waals surface area contributed by atoms with Crippen molar-refractivity contribution < 1.29 is 4.39 Å². The van der Waals surface area contributed by atoms with E-state index >= 15 is 0 Å². The van der Waals surface area contributed by atoms with Crippen molar-refractivity contribution in [1.29, 1.82) is 0 Å². The molecule has 0 aliphatic carbocycles. The Morgan fingerprint density at radius 1 is 1.38 bits per heavy atom. The molecule has 2 heterocycles. The summed E-state index contributed by atoms with van der Waals surface area (Å²) in [5.41, 5.74) is 0.0881. The van der Waals surface area contributed by atoms with E-state index in [1.165, 1.54) is 34.7 Å². The van der Waals surface area contributed by atoms with Gasteiger partial charge in [-0.15, -0.1) is 11.3 Å². The molecule has 2 aromatic heterocycles. The molecular weight excluding hydrogens is 466 g/mol. The average molecular weight is 476 g/mol. The maximum atomic E-state index is 13.3. The summed E-state index contributed by atoms with van der Waals surface area (Å²) < 4.78 is 15.3. The van der Waals surface area contributed by atoms with E-state index in [1.54, 1.807) is 13.3 Å².